The highest BCUT2D eigenvalue weighted by Gasteiger charge is 2.38. The molecule has 2 aromatic rings. The summed E-state index contributed by atoms with van der Waals surface area (Å²) in [7, 11) is 0. The van der Waals surface area contributed by atoms with Crippen LogP contribution in [0.1, 0.15) is 11.3 Å². The van der Waals surface area contributed by atoms with Crippen LogP contribution in [-0.2, 0) is 11.3 Å². The van der Waals surface area contributed by atoms with E-state index in [1.807, 2.05) is 6.07 Å². The minimum absolute atomic E-state index is 0.319. The first-order chi connectivity index (χ1) is 9.24. The molecule has 1 aliphatic rings. The quantitative estimate of drug-likeness (QED) is 0.879. The maximum absolute atomic E-state index is 9.14. The van der Waals surface area contributed by atoms with Crippen molar-refractivity contribution in [2.45, 2.75) is 13.5 Å². The third-order valence-electron chi connectivity index (χ3n) is 3.79. The van der Waals surface area contributed by atoms with Crippen LogP contribution < -0.4 is 5.32 Å². The highest BCUT2D eigenvalue weighted by atomic mass is 16.5. The molecular formula is C15H17N3O. The maximum atomic E-state index is 9.14. The lowest BCUT2D eigenvalue weighted by atomic mass is 9.88. The molecule has 1 fully saturated rings. The second-order valence-electron chi connectivity index (χ2n) is 5.26. The third-order valence-corrected chi connectivity index (χ3v) is 3.79. The number of nitrogens with one attached hydrogen (secondary N) is 2. The number of hydrogen-bond acceptors (Lipinski definition) is 3. The SMILES string of the molecule is Cc1[nH]c2ccccc2c1CNCC1(C#N)COC1. The number of rotatable bonds is 4. The molecule has 0 saturated carbocycles. The number of aromatic nitrogens is 1. The van der Waals surface area contributed by atoms with Crippen molar-refractivity contribution >= 4 is 10.9 Å². The standard InChI is InChI=1S/C15H17N3O/c1-11-13(12-4-2-3-5-14(12)18-11)6-17-8-15(7-16)9-19-10-15/h2-5,17-18H,6,8-10H2,1H3. The van der Waals surface area contributed by atoms with Gasteiger partial charge in [-0.25, -0.2) is 0 Å². The first-order valence-corrected chi connectivity index (χ1v) is 6.50. The molecule has 1 aromatic carbocycles. The minimum atomic E-state index is -0.319. The number of benzene rings is 1. The van der Waals surface area contributed by atoms with Crippen molar-refractivity contribution in [3.05, 3.63) is 35.5 Å². The molecule has 1 aromatic heterocycles. The summed E-state index contributed by atoms with van der Waals surface area (Å²) in [6.45, 7) is 4.64. The monoisotopic (exact) mass is 255 g/mol. The van der Waals surface area contributed by atoms with Gasteiger partial charge in [-0.3, -0.25) is 0 Å². The van der Waals surface area contributed by atoms with Crippen molar-refractivity contribution in [2.24, 2.45) is 5.41 Å². The van der Waals surface area contributed by atoms with Gasteiger partial charge in [-0.2, -0.15) is 5.26 Å². The van der Waals surface area contributed by atoms with Crippen LogP contribution in [0.25, 0.3) is 10.9 Å². The lowest BCUT2D eigenvalue weighted by Gasteiger charge is -2.35. The Labute approximate surface area is 112 Å². The predicted octanol–water partition coefficient (Wildman–Crippen LogP) is 2.11. The van der Waals surface area contributed by atoms with Gasteiger partial charge in [-0.05, 0) is 18.6 Å². The number of H-pyrrole nitrogens is 1. The Morgan fingerprint density at radius 1 is 1.42 bits per heavy atom. The van der Waals surface area contributed by atoms with Gasteiger partial charge in [0.1, 0.15) is 5.41 Å². The molecule has 98 valence electrons. The Bertz CT molecular complexity index is 634. The summed E-state index contributed by atoms with van der Waals surface area (Å²) in [6, 6.07) is 10.6. The van der Waals surface area contributed by atoms with Gasteiger partial charge in [0.2, 0.25) is 0 Å². The molecule has 0 amide bonds. The van der Waals surface area contributed by atoms with Gasteiger partial charge >= 0.3 is 0 Å². The number of ether oxygens (including phenoxy) is 1. The molecule has 4 heteroatoms. The molecule has 3 rings (SSSR count). The summed E-state index contributed by atoms with van der Waals surface area (Å²) < 4.78 is 5.14. The zero-order chi connectivity index (χ0) is 13.3. The lowest BCUT2D eigenvalue weighted by Crippen LogP contribution is -2.48. The van der Waals surface area contributed by atoms with E-state index in [1.165, 1.54) is 22.2 Å². The number of hydrogen-bond donors (Lipinski definition) is 2. The number of para-hydroxylation sites is 1. The van der Waals surface area contributed by atoms with Gasteiger partial charge in [0.05, 0.1) is 19.3 Å². The maximum Gasteiger partial charge on any atom is 0.116 e. The fraction of sp³-hybridized carbons (Fsp3) is 0.400. The van der Waals surface area contributed by atoms with E-state index in [4.69, 9.17) is 10.00 Å². The molecule has 0 unspecified atom stereocenters. The fourth-order valence-electron chi connectivity index (χ4n) is 2.54. The Kier molecular flexibility index (Phi) is 3.02. The summed E-state index contributed by atoms with van der Waals surface area (Å²) in [5.74, 6) is 0. The number of nitriles is 1. The molecule has 0 bridgehead atoms. The second-order valence-corrected chi connectivity index (χ2v) is 5.26. The van der Waals surface area contributed by atoms with Crippen LogP contribution in [0.15, 0.2) is 24.3 Å². The molecule has 0 aliphatic carbocycles. The van der Waals surface area contributed by atoms with E-state index in [-0.39, 0.29) is 5.41 Å². The first-order valence-electron chi connectivity index (χ1n) is 6.50. The van der Waals surface area contributed by atoms with E-state index >= 15 is 0 Å². The summed E-state index contributed by atoms with van der Waals surface area (Å²) in [4.78, 5) is 3.39. The summed E-state index contributed by atoms with van der Waals surface area (Å²) in [5, 5.41) is 13.8. The normalized spacial score (nSPS) is 17.1. The predicted molar refractivity (Wildman–Crippen MR) is 73.6 cm³/mol. The molecule has 1 saturated heterocycles. The number of fused-ring (bicyclic) bond motifs is 1. The van der Waals surface area contributed by atoms with Crippen molar-refractivity contribution in [3.8, 4) is 6.07 Å². The topological polar surface area (TPSA) is 60.8 Å². The molecule has 4 nitrogen and oxygen atoms in total. The summed E-state index contributed by atoms with van der Waals surface area (Å²) in [5.41, 5.74) is 3.31. The van der Waals surface area contributed by atoms with Gasteiger partial charge < -0.3 is 15.0 Å². The Morgan fingerprint density at radius 2 is 2.21 bits per heavy atom. The Balaban J connectivity index is 1.72. The highest BCUT2D eigenvalue weighted by molar-refractivity contribution is 5.84. The van der Waals surface area contributed by atoms with E-state index in [0.29, 0.717) is 19.8 Å². The van der Waals surface area contributed by atoms with Crippen LogP contribution in [0.2, 0.25) is 0 Å². The average Bonchev–Trinajstić information content (AvgIpc) is 2.69. The Morgan fingerprint density at radius 3 is 2.89 bits per heavy atom. The van der Waals surface area contributed by atoms with Crippen LogP contribution in [0.5, 0.6) is 0 Å². The summed E-state index contributed by atoms with van der Waals surface area (Å²) >= 11 is 0. The van der Waals surface area contributed by atoms with E-state index in [9.17, 15) is 0 Å². The molecule has 0 atom stereocenters. The van der Waals surface area contributed by atoms with Gasteiger partial charge in [-0.15, -0.1) is 0 Å². The van der Waals surface area contributed by atoms with Crippen LogP contribution >= 0.6 is 0 Å². The molecule has 2 heterocycles. The molecule has 0 spiro atoms. The van der Waals surface area contributed by atoms with Crippen LogP contribution in [0.3, 0.4) is 0 Å². The van der Waals surface area contributed by atoms with Crippen molar-refractivity contribution in [1.29, 1.82) is 5.26 Å². The van der Waals surface area contributed by atoms with Gasteiger partial charge in [-0.1, -0.05) is 18.2 Å². The first kappa shape index (κ1) is 12.2. The van der Waals surface area contributed by atoms with Gasteiger partial charge in [0.15, 0.2) is 0 Å². The largest absolute Gasteiger partial charge is 0.378 e. The van der Waals surface area contributed by atoms with Crippen LogP contribution in [-0.4, -0.2) is 24.7 Å². The minimum Gasteiger partial charge on any atom is -0.378 e. The number of aromatic amines is 1. The van der Waals surface area contributed by atoms with Gasteiger partial charge in [0.25, 0.3) is 0 Å². The van der Waals surface area contributed by atoms with E-state index < -0.39 is 0 Å². The fourth-order valence-corrected chi connectivity index (χ4v) is 2.54. The molecule has 1 aliphatic heterocycles. The van der Waals surface area contributed by atoms with Crippen molar-refractivity contribution < 1.29 is 4.74 Å². The van der Waals surface area contributed by atoms with E-state index in [1.54, 1.807) is 0 Å². The molecule has 2 N–H and O–H groups in total. The molecule has 0 radical (unpaired) electrons. The Hall–Kier alpha value is -1.83. The zero-order valence-corrected chi connectivity index (χ0v) is 11.0. The van der Waals surface area contributed by atoms with E-state index in [0.717, 1.165) is 6.54 Å². The van der Waals surface area contributed by atoms with Crippen molar-refractivity contribution in [3.63, 3.8) is 0 Å². The van der Waals surface area contributed by atoms with Crippen molar-refractivity contribution in [2.75, 3.05) is 19.8 Å². The van der Waals surface area contributed by atoms with Gasteiger partial charge in [0, 0.05) is 29.7 Å². The number of nitrogens with zero attached hydrogens (tertiary/aromatic N) is 1. The van der Waals surface area contributed by atoms with Crippen LogP contribution in [0.4, 0.5) is 0 Å². The van der Waals surface area contributed by atoms with Crippen molar-refractivity contribution in [1.82, 2.24) is 10.3 Å². The second kappa shape index (κ2) is 4.69. The van der Waals surface area contributed by atoms with Crippen LogP contribution in [0, 0.1) is 23.7 Å². The lowest BCUT2D eigenvalue weighted by molar-refractivity contribution is -0.0755. The van der Waals surface area contributed by atoms with E-state index in [2.05, 4.69) is 41.5 Å². The summed E-state index contributed by atoms with van der Waals surface area (Å²) in [6.07, 6.45) is 0. The molecular weight excluding hydrogens is 238 g/mol. The number of aryl methyl sites for hydroxylation is 1. The molecule has 19 heavy (non-hydrogen) atoms. The zero-order valence-electron chi connectivity index (χ0n) is 11.0. The average molecular weight is 255 g/mol. The smallest absolute Gasteiger partial charge is 0.116 e. The third kappa shape index (κ3) is 2.12. The highest BCUT2D eigenvalue weighted by Crippen LogP contribution is 2.26.